The summed E-state index contributed by atoms with van der Waals surface area (Å²) >= 11 is 0. The first-order chi connectivity index (χ1) is 11.1. The van der Waals surface area contributed by atoms with Gasteiger partial charge in [-0.3, -0.25) is 0 Å². The third-order valence-electron chi connectivity index (χ3n) is 4.17. The van der Waals surface area contributed by atoms with Gasteiger partial charge in [-0.25, -0.2) is 0 Å². The van der Waals surface area contributed by atoms with Gasteiger partial charge in [0, 0.05) is 0 Å². The van der Waals surface area contributed by atoms with Crippen LogP contribution in [0.4, 0.5) is 45.5 Å². The molecule has 24 heavy (non-hydrogen) atoms. The van der Waals surface area contributed by atoms with Crippen molar-refractivity contribution in [3.05, 3.63) is 22.3 Å². The van der Waals surface area contributed by atoms with Crippen LogP contribution in [0.3, 0.4) is 0 Å². The molecule has 0 spiro atoms. The van der Waals surface area contributed by atoms with Crippen molar-refractivity contribution in [3.63, 3.8) is 0 Å². The Bertz CT molecular complexity index is 787. The van der Waals surface area contributed by atoms with E-state index in [-0.39, 0.29) is 22.7 Å². The maximum atomic E-state index is 6.00. The minimum atomic E-state index is 0.247. The molecule has 8 nitrogen and oxygen atoms in total. The largest absolute Gasteiger partial charge is 0.397 e. The topological polar surface area (TPSA) is 208 Å². The minimum absolute atomic E-state index is 0.247. The second kappa shape index (κ2) is 5.55. The highest BCUT2D eigenvalue weighted by Crippen LogP contribution is 2.37. The van der Waals surface area contributed by atoms with Crippen molar-refractivity contribution in [1.82, 2.24) is 0 Å². The lowest BCUT2D eigenvalue weighted by atomic mass is 10.00. The van der Waals surface area contributed by atoms with Gasteiger partial charge in [-0.2, -0.15) is 0 Å². The molecule has 0 heterocycles. The Morgan fingerprint density at radius 3 is 0.833 bits per heavy atom. The summed E-state index contributed by atoms with van der Waals surface area (Å²) in [5.74, 6) is 5.66. The minimum Gasteiger partial charge on any atom is -0.397 e. The summed E-state index contributed by atoms with van der Waals surface area (Å²) < 4.78 is 0. The van der Waals surface area contributed by atoms with Gasteiger partial charge in [0.1, 0.15) is 0 Å². The van der Waals surface area contributed by atoms with Crippen LogP contribution in [0.1, 0.15) is 22.3 Å². The summed E-state index contributed by atoms with van der Waals surface area (Å²) in [4.78, 5) is 0. The van der Waals surface area contributed by atoms with Crippen molar-refractivity contribution in [2.45, 2.75) is 13.8 Å². The number of benzene rings is 2. The van der Waals surface area contributed by atoms with E-state index in [0.29, 0.717) is 45.0 Å². The van der Waals surface area contributed by atoms with Gasteiger partial charge in [-0.05, 0) is 25.0 Å². The van der Waals surface area contributed by atoms with Gasteiger partial charge in [0.15, 0.2) is 0 Å². The fourth-order valence-electron chi connectivity index (χ4n) is 2.32. The van der Waals surface area contributed by atoms with Gasteiger partial charge in [0.05, 0.1) is 56.6 Å². The lowest BCUT2D eigenvalue weighted by molar-refractivity contribution is 1.45. The van der Waals surface area contributed by atoms with Crippen LogP contribution in [0.2, 0.25) is 0 Å². The number of hydrogen-bond acceptors (Lipinski definition) is 8. The molecule has 0 fully saturated rings. The maximum absolute atomic E-state index is 6.00. The van der Waals surface area contributed by atoms with Crippen LogP contribution in [-0.4, -0.2) is 0 Å². The van der Waals surface area contributed by atoms with Crippen LogP contribution in [0.25, 0.3) is 0 Å². The molecule has 0 atom stereocenters. The molecule has 0 aliphatic carbocycles. The molecular formula is C16H22N8. The van der Waals surface area contributed by atoms with Crippen LogP contribution >= 0.6 is 0 Å². The Hall–Kier alpha value is -3.60. The molecule has 2 aromatic carbocycles. The SMILES string of the molecule is Cc1c(N)c(N)c(C#Cc2c(N)c(N)c(C)c(N)c2N)c(N)c1N. The lowest BCUT2D eigenvalue weighted by Crippen LogP contribution is -2.09. The van der Waals surface area contributed by atoms with Gasteiger partial charge in [-0.15, -0.1) is 0 Å². The van der Waals surface area contributed by atoms with Gasteiger partial charge in [0.25, 0.3) is 0 Å². The Labute approximate surface area is 140 Å². The van der Waals surface area contributed by atoms with Crippen molar-refractivity contribution in [1.29, 1.82) is 0 Å². The predicted molar refractivity (Wildman–Crippen MR) is 104 cm³/mol. The number of hydrogen-bond donors (Lipinski definition) is 8. The number of anilines is 8. The summed E-state index contributed by atoms with van der Waals surface area (Å²) in [6.45, 7) is 3.46. The van der Waals surface area contributed by atoms with Crippen molar-refractivity contribution in [3.8, 4) is 11.8 Å². The Balaban J connectivity index is 2.74. The molecule has 0 saturated carbocycles. The van der Waals surface area contributed by atoms with Crippen LogP contribution in [-0.2, 0) is 0 Å². The quantitative estimate of drug-likeness (QED) is 0.249. The van der Waals surface area contributed by atoms with E-state index in [1.807, 2.05) is 0 Å². The molecule has 0 unspecified atom stereocenters. The summed E-state index contributed by atoms with van der Waals surface area (Å²) in [5.41, 5.74) is 51.9. The van der Waals surface area contributed by atoms with Crippen molar-refractivity contribution in [2.75, 3.05) is 45.9 Å². The first-order valence-corrected chi connectivity index (χ1v) is 7.06. The fourth-order valence-corrected chi connectivity index (χ4v) is 2.32. The normalized spacial score (nSPS) is 10.2. The molecule has 0 aliphatic rings. The number of rotatable bonds is 0. The lowest BCUT2D eigenvalue weighted by Gasteiger charge is -2.15. The second-order valence-electron chi connectivity index (χ2n) is 5.56. The fraction of sp³-hybridized carbons (Fsp3) is 0.125. The first kappa shape index (κ1) is 16.8. The van der Waals surface area contributed by atoms with E-state index in [0.717, 1.165) is 0 Å². The summed E-state index contributed by atoms with van der Waals surface area (Å²) in [6.07, 6.45) is 0. The van der Waals surface area contributed by atoms with E-state index in [9.17, 15) is 0 Å². The average Bonchev–Trinajstić information content (AvgIpc) is 2.57. The number of nitrogen functional groups attached to an aromatic ring is 8. The van der Waals surface area contributed by atoms with E-state index < -0.39 is 0 Å². The molecule has 0 radical (unpaired) electrons. The zero-order chi connectivity index (χ0) is 18.3. The van der Waals surface area contributed by atoms with Crippen molar-refractivity contribution >= 4 is 45.5 Å². The van der Waals surface area contributed by atoms with Crippen LogP contribution < -0.4 is 45.9 Å². The molecule has 0 aromatic heterocycles. The van der Waals surface area contributed by atoms with Gasteiger partial charge in [-0.1, -0.05) is 11.8 Å². The molecule has 16 N–H and O–H groups in total. The molecule has 2 aromatic rings. The van der Waals surface area contributed by atoms with E-state index in [1.165, 1.54) is 0 Å². The van der Waals surface area contributed by atoms with Crippen molar-refractivity contribution in [2.24, 2.45) is 0 Å². The van der Waals surface area contributed by atoms with E-state index in [2.05, 4.69) is 11.8 Å². The zero-order valence-corrected chi connectivity index (χ0v) is 13.6. The summed E-state index contributed by atoms with van der Waals surface area (Å²) in [6, 6.07) is 0. The first-order valence-electron chi connectivity index (χ1n) is 7.06. The Morgan fingerprint density at radius 2 is 0.625 bits per heavy atom. The molecule has 0 bridgehead atoms. The number of nitrogens with two attached hydrogens (primary N) is 8. The Kier molecular flexibility index (Phi) is 3.88. The smallest absolute Gasteiger partial charge is 0.0750 e. The standard InChI is InChI=1S/C16H22N8/c1-5-9(17)13(21)7(14(22)10(5)18)3-4-8-15(23)11(19)6(2)12(20)16(8)24/h17-24H2,1-2H3. The van der Waals surface area contributed by atoms with Crippen LogP contribution in [0.15, 0.2) is 0 Å². The highest BCUT2D eigenvalue weighted by Gasteiger charge is 2.16. The van der Waals surface area contributed by atoms with Gasteiger partial charge in [0.2, 0.25) is 0 Å². The average molecular weight is 326 g/mol. The van der Waals surface area contributed by atoms with Crippen LogP contribution in [0.5, 0.6) is 0 Å². The van der Waals surface area contributed by atoms with Gasteiger partial charge < -0.3 is 45.9 Å². The molecule has 0 aliphatic heterocycles. The molecule has 126 valence electrons. The third-order valence-corrected chi connectivity index (χ3v) is 4.17. The van der Waals surface area contributed by atoms with Crippen LogP contribution in [0, 0.1) is 25.7 Å². The van der Waals surface area contributed by atoms with E-state index in [4.69, 9.17) is 45.9 Å². The maximum Gasteiger partial charge on any atom is 0.0750 e. The van der Waals surface area contributed by atoms with Gasteiger partial charge >= 0.3 is 0 Å². The molecular weight excluding hydrogens is 304 g/mol. The third kappa shape index (κ3) is 2.28. The Morgan fingerprint density at radius 1 is 0.417 bits per heavy atom. The second-order valence-corrected chi connectivity index (χ2v) is 5.56. The molecule has 8 heteroatoms. The summed E-state index contributed by atoms with van der Waals surface area (Å²) in [5, 5.41) is 0. The monoisotopic (exact) mass is 326 g/mol. The van der Waals surface area contributed by atoms with Crippen molar-refractivity contribution < 1.29 is 0 Å². The zero-order valence-electron chi connectivity index (χ0n) is 13.6. The van der Waals surface area contributed by atoms with E-state index in [1.54, 1.807) is 13.8 Å². The molecule has 0 saturated heterocycles. The summed E-state index contributed by atoms with van der Waals surface area (Å²) in [7, 11) is 0. The highest BCUT2D eigenvalue weighted by molar-refractivity contribution is 5.93. The van der Waals surface area contributed by atoms with E-state index >= 15 is 0 Å². The molecule has 2 rings (SSSR count). The predicted octanol–water partition coefficient (Wildman–Crippen LogP) is 0.361. The molecule has 0 amide bonds. The highest BCUT2D eigenvalue weighted by atomic mass is 14.8.